The number of nitrogens with one attached hydrogen (secondary N) is 1. The van der Waals surface area contributed by atoms with Crippen LogP contribution in [0.2, 0.25) is 0 Å². The van der Waals surface area contributed by atoms with E-state index in [0.717, 1.165) is 17.5 Å². The summed E-state index contributed by atoms with van der Waals surface area (Å²) in [6, 6.07) is 1.25. The van der Waals surface area contributed by atoms with Crippen molar-refractivity contribution in [3.05, 3.63) is 23.6 Å². The molecule has 0 saturated carbocycles. The number of methoxy groups -OCH3 is 1. The van der Waals surface area contributed by atoms with Crippen LogP contribution < -0.4 is 10.1 Å². The highest BCUT2D eigenvalue weighted by Gasteiger charge is 2.47. The molecule has 1 unspecified atom stereocenters. The molecule has 11 heteroatoms. The molecule has 0 bridgehead atoms. The minimum absolute atomic E-state index is 0.0378. The number of carbonyl (C=O) groups excluding carboxylic acids is 1. The van der Waals surface area contributed by atoms with E-state index in [4.69, 9.17) is 9.26 Å². The summed E-state index contributed by atoms with van der Waals surface area (Å²) in [5.41, 5.74) is 0.543. The predicted molar refractivity (Wildman–Crippen MR) is 105 cm³/mol. The van der Waals surface area contributed by atoms with E-state index in [0.29, 0.717) is 42.7 Å². The van der Waals surface area contributed by atoms with Gasteiger partial charge in [-0.3, -0.25) is 4.79 Å². The average Bonchev–Trinajstić information content (AvgIpc) is 3.35. The van der Waals surface area contributed by atoms with Crippen LogP contribution in [0.4, 0.5) is 19.0 Å². The zero-order chi connectivity index (χ0) is 22.2. The molecule has 1 amide bonds. The first-order valence-electron chi connectivity index (χ1n) is 10.4. The Bertz CT molecular complexity index is 926. The second-order valence-corrected chi connectivity index (χ2v) is 8.24. The highest BCUT2D eigenvalue weighted by Crippen LogP contribution is 2.42. The van der Waals surface area contributed by atoms with Crippen LogP contribution in [0.5, 0.6) is 5.88 Å². The van der Waals surface area contributed by atoms with Gasteiger partial charge in [0, 0.05) is 44.1 Å². The van der Waals surface area contributed by atoms with Crippen LogP contribution in [0, 0.1) is 12.8 Å². The van der Waals surface area contributed by atoms with Gasteiger partial charge in [-0.25, -0.2) is 4.68 Å². The van der Waals surface area contributed by atoms with Gasteiger partial charge in [-0.05, 0) is 37.3 Å². The van der Waals surface area contributed by atoms with Crippen molar-refractivity contribution in [2.45, 2.75) is 57.3 Å². The van der Waals surface area contributed by atoms with Crippen molar-refractivity contribution in [3.8, 4) is 5.88 Å². The van der Waals surface area contributed by atoms with E-state index in [1.165, 1.54) is 7.11 Å². The van der Waals surface area contributed by atoms with Crippen molar-refractivity contribution in [2.75, 3.05) is 25.5 Å². The second kappa shape index (κ2) is 8.43. The highest BCUT2D eigenvalue weighted by molar-refractivity contribution is 5.76. The van der Waals surface area contributed by atoms with Gasteiger partial charge in [-0.1, -0.05) is 0 Å². The van der Waals surface area contributed by atoms with Crippen LogP contribution in [0.3, 0.4) is 0 Å². The zero-order valence-electron chi connectivity index (χ0n) is 17.5. The van der Waals surface area contributed by atoms with E-state index in [1.807, 2.05) is 0 Å². The Morgan fingerprint density at radius 3 is 2.90 bits per heavy atom. The monoisotopic (exact) mass is 441 g/mol. The first kappa shape index (κ1) is 21.5. The molecule has 31 heavy (non-hydrogen) atoms. The lowest BCUT2D eigenvalue weighted by Crippen LogP contribution is -2.49. The van der Waals surface area contributed by atoms with Gasteiger partial charge in [0.05, 0.1) is 12.8 Å². The number of aryl methyl sites for hydroxylation is 2. The molecule has 3 atom stereocenters. The molecule has 2 aromatic rings. The molecule has 2 aliphatic heterocycles. The summed E-state index contributed by atoms with van der Waals surface area (Å²) < 4.78 is 52.2. The molecular formula is C20H26F3N5O3. The van der Waals surface area contributed by atoms with Crippen molar-refractivity contribution >= 4 is 11.7 Å². The first-order chi connectivity index (χ1) is 14.7. The number of carbonyl (C=O) groups is 1. The average molecular weight is 441 g/mol. The van der Waals surface area contributed by atoms with Gasteiger partial charge >= 0.3 is 6.18 Å². The van der Waals surface area contributed by atoms with Crippen molar-refractivity contribution in [3.63, 3.8) is 0 Å². The number of fused-ring (bicyclic) bond motifs is 1. The molecule has 0 spiro atoms. The molecule has 4 heterocycles. The fraction of sp³-hybridized carbons (Fsp3) is 0.650. The summed E-state index contributed by atoms with van der Waals surface area (Å²) in [4.78, 5) is 14.5. The molecule has 170 valence electrons. The number of amides is 1. The van der Waals surface area contributed by atoms with Gasteiger partial charge in [0.1, 0.15) is 11.6 Å². The minimum Gasteiger partial charge on any atom is -0.479 e. The Balaban J connectivity index is 1.40. The number of ether oxygens (including phenoxy) is 1. The summed E-state index contributed by atoms with van der Waals surface area (Å²) in [5.74, 6) is 1.21. The number of nitrogens with zero attached hydrogens (tertiary/aromatic N) is 4. The van der Waals surface area contributed by atoms with Gasteiger partial charge in [0.2, 0.25) is 5.91 Å². The largest absolute Gasteiger partial charge is 0.479 e. The number of rotatable bonds is 5. The van der Waals surface area contributed by atoms with Crippen LogP contribution in [-0.2, 0) is 11.2 Å². The Labute approximate surface area is 177 Å². The van der Waals surface area contributed by atoms with Crippen molar-refractivity contribution in [2.24, 2.45) is 5.92 Å². The highest BCUT2D eigenvalue weighted by atomic mass is 19.4. The van der Waals surface area contributed by atoms with Crippen LogP contribution in [0.1, 0.15) is 43.2 Å². The number of alkyl halides is 3. The standard InChI is InChI=1S/C20H26F3N5O3/c1-12-8-17-24-15(10-16(20(21,22)23)28(17)25-12)13-4-3-7-27(11-13)19(29)6-5-14-9-18(30-2)26-31-14/h8-9,13,15-16,24H,3-7,10-11H2,1-2H3/t13?,15-,16+/m0/s1. The maximum Gasteiger partial charge on any atom is 0.410 e. The third-order valence-electron chi connectivity index (χ3n) is 6.05. The first-order valence-corrected chi connectivity index (χ1v) is 10.4. The fourth-order valence-corrected chi connectivity index (χ4v) is 4.50. The summed E-state index contributed by atoms with van der Waals surface area (Å²) in [6.07, 6.45) is -2.29. The molecule has 0 aromatic carbocycles. The predicted octanol–water partition coefficient (Wildman–Crippen LogP) is 3.35. The summed E-state index contributed by atoms with van der Waals surface area (Å²) in [5, 5.41) is 11.0. The molecule has 8 nitrogen and oxygen atoms in total. The maximum atomic E-state index is 13.7. The normalized spacial score (nSPS) is 23.9. The van der Waals surface area contributed by atoms with Crippen LogP contribution in [-0.4, -0.2) is 58.2 Å². The third-order valence-corrected chi connectivity index (χ3v) is 6.05. The summed E-state index contributed by atoms with van der Waals surface area (Å²) in [7, 11) is 1.48. The van der Waals surface area contributed by atoms with Crippen LogP contribution >= 0.6 is 0 Å². The van der Waals surface area contributed by atoms with Gasteiger partial charge in [-0.15, -0.1) is 0 Å². The summed E-state index contributed by atoms with van der Waals surface area (Å²) in [6.45, 7) is 2.73. The molecular weight excluding hydrogens is 415 g/mol. The number of hydrogen-bond donors (Lipinski definition) is 1. The van der Waals surface area contributed by atoms with Crippen LogP contribution in [0.15, 0.2) is 16.7 Å². The molecule has 1 N–H and O–H groups in total. The van der Waals surface area contributed by atoms with Gasteiger partial charge in [0.15, 0.2) is 6.04 Å². The number of anilines is 1. The quantitative estimate of drug-likeness (QED) is 0.766. The maximum absolute atomic E-state index is 13.7. The topological polar surface area (TPSA) is 85.4 Å². The van der Waals surface area contributed by atoms with Gasteiger partial charge in [-0.2, -0.15) is 18.3 Å². The molecule has 1 fully saturated rings. The van der Waals surface area contributed by atoms with Crippen molar-refractivity contribution < 1.29 is 27.2 Å². The SMILES string of the molecule is COc1cc(CCC(=O)N2CCCC([C@@H]3C[C@H](C(F)(F)F)n4nc(C)cc4N3)C2)on1. The number of halogens is 3. The lowest BCUT2D eigenvalue weighted by atomic mass is 9.85. The number of piperidine rings is 1. The molecule has 1 saturated heterocycles. The Kier molecular flexibility index (Phi) is 5.85. The number of aromatic nitrogens is 3. The van der Waals surface area contributed by atoms with E-state index >= 15 is 0 Å². The molecule has 0 radical (unpaired) electrons. The zero-order valence-corrected chi connectivity index (χ0v) is 17.5. The van der Waals surface area contributed by atoms with E-state index < -0.39 is 12.2 Å². The van der Waals surface area contributed by atoms with Crippen molar-refractivity contribution in [1.82, 2.24) is 19.8 Å². The Morgan fingerprint density at radius 2 is 2.19 bits per heavy atom. The number of hydrogen-bond acceptors (Lipinski definition) is 6. The lowest BCUT2D eigenvalue weighted by Gasteiger charge is -2.41. The number of likely N-dealkylation sites (tertiary alicyclic amines) is 1. The Morgan fingerprint density at radius 1 is 1.39 bits per heavy atom. The molecule has 4 rings (SSSR count). The fourth-order valence-electron chi connectivity index (χ4n) is 4.50. The van der Waals surface area contributed by atoms with E-state index in [-0.39, 0.29) is 30.7 Å². The third kappa shape index (κ3) is 4.64. The summed E-state index contributed by atoms with van der Waals surface area (Å²) >= 11 is 0. The van der Waals surface area contributed by atoms with Crippen molar-refractivity contribution in [1.29, 1.82) is 0 Å². The molecule has 0 aliphatic carbocycles. The Hall–Kier alpha value is -2.72. The van der Waals surface area contributed by atoms with E-state index in [2.05, 4.69) is 15.6 Å². The lowest BCUT2D eigenvalue weighted by molar-refractivity contribution is -0.175. The minimum atomic E-state index is -4.38. The second-order valence-electron chi connectivity index (χ2n) is 8.24. The van der Waals surface area contributed by atoms with Gasteiger partial charge < -0.3 is 19.5 Å². The molecule has 2 aromatic heterocycles. The van der Waals surface area contributed by atoms with Crippen LogP contribution in [0.25, 0.3) is 0 Å². The smallest absolute Gasteiger partial charge is 0.410 e. The van der Waals surface area contributed by atoms with Gasteiger partial charge in [0.25, 0.3) is 5.88 Å². The molecule has 2 aliphatic rings. The van der Waals surface area contributed by atoms with E-state index in [1.54, 1.807) is 24.0 Å². The van der Waals surface area contributed by atoms with E-state index in [9.17, 15) is 18.0 Å².